The molecule has 1 saturated heterocycles. The van der Waals surface area contributed by atoms with E-state index in [4.69, 9.17) is 11.2 Å². The van der Waals surface area contributed by atoms with E-state index in [0.717, 1.165) is 18.1 Å². The second kappa shape index (κ2) is 8.83. The summed E-state index contributed by atoms with van der Waals surface area (Å²) in [6.45, 7) is 0.366. The largest absolute Gasteiger partial charge is 0.465 e. The summed E-state index contributed by atoms with van der Waals surface area (Å²) in [5.41, 5.74) is 0. The minimum Gasteiger partial charge on any atom is -0.465 e. The summed E-state index contributed by atoms with van der Waals surface area (Å²) in [5, 5.41) is 0.808. The molecule has 0 radical (unpaired) electrons. The van der Waals surface area contributed by atoms with Crippen molar-refractivity contribution >= 4 is 27.6 Å². The third-order valence-electron chi connectivity index (χ3n) is 2.39. The maximum absolute atomic E-state index is 11.2. The maximum Gasteiger partial charge on any atom is 0.305 e. The zero-order chi connectivity index (χ0) is 11.6. The monoisotopic (exact) mass is 258 g/mol. The summed E-state index contributed by atoms with van der Waals surface area (Å²) >= 11 is 0. The molecule has 1 rings (SSSR count). The summed E-state index contributed by atoms with van der Waals surface area (Å²) in [5.74, 6) is 3.62. The van der Waals surface area contributed by atoms with Crippen LogP contribution in [0.4, 0.5) is 0 Å². The molecule has 0 aromatic carbocycles. The Hall–Kier alpha value is -0.270. The van der Waals surface area contributed by atoms with Crippen molar-refractivity contribution < 1.29 is 9.53 Å². The average molecular weight is 258 g/mol. The normalized spacial score (nSPS) is 19.3. The van der Waals surface area contributed by atoms with E-state index < -0.39 is 0 Å². The van der Waals surface area contributed by atoms with Crippen LogP contribution in [0.5, 0.6) is 0 Å². The van der Waals surface area contributed by atoms with Crippen LogP contribution in [0.3, 0.4) is 0 Å². The first-order chi connectivity index (χ1) is 7.83. The Morgan fingerprint density at radius 2 is 2.38 bits per heavy atom. The SMILES string of the molecule is C#CCCOC(=O)CCCCC1CCSS1. The zero-order valence-electron chi connectivity index (χ0n) is 9.44. The number of ether oxygens (including phenoxy) is 1. The minimum absolute atomic E-state index is 0.108. The summed E-state index contributed by atoms with van der Waals surface area (Å²) in [6.07, 6.45) is 10.7. The number of terminal acetylenes is 1. The fourth-order valence-corrected chi connectivity index (χ4v) is 4.53. The first-order valence-electron chi connectivity index (χ1n) is 5.70. The molecule has 1 unspecified atom stereocenters. The molecule has 1 aliphatic heterocycles. The van der Waals surface area contributed by atoms with Gasteiger partial charge in [0.05, 0.1) is 0 Å². The van der Waals surface area contributed by atoms with Gasteiger partial charge in [-0.15, -0.1) is 12.3 Å². The van der Waals surface area contributed by atoms with Crippen molar-refractivity contribution in [2.24, 2.45) is 0 Å². The van der Waals surface area contributed by atoms with Crippen molar-refractivity contribution in [3.8, 4) is 12.3 Å². The minimum atomic E-state index is -0.108. The Labute approximate surface area is 106 Å². The molecule has 0 bridgehead atoms. The summed E-state index contributed by atoms with van der Waals surface area (Å²) < 4.78 is 4.96. The van der Waals surface area contributed by atoms with Gasteiger partial charge in [0.1, 0.15) is 6.61 Å². The highest BCUT2D eigenvalue weighted by Gasteiger charge is 2.15. The smallest absolute Gasteiger partial charge is 0.305 e. The van der Waals surface area contributed by atoms with Crippen molar-refractivity contribution in [2.75, 3.05) is 12.4 Å². The molecule has 16 heavy (non-hydrogen) atoms. The van der Waals surface area contributed by atoms with Gasteiger partial charge in [-0.25, -0.2) is 0 Å². The third kappa shape index (κ3) is 6.34. The lowest BCUT2D eigenvalue weighted by Crippen LogP contribution is -2.05. The molecule has 0 aliphatic carbocycles. The lowest BCUT2D eigenvalue weighted by molar-refractivity contribution is -0.143. The first kappa shape index (κ1) is 13.8. The van der Waals surface area contributed by atoms with Crippen LogP contribution >= 0.6 is 21.6 Å². The van der Waals surface area contributed by atoms with Gasteiger partial charge in [0.25, 0.3) is 0 Å². The predicted molar refractivity (Wildman–Crippen MR) is 71.3 cm³/mol. The van der Waals surface area contributed by atoms with Gasteiger partial charge in [0.2, 0.25) is 0 Å². The summed E-state index contributed by atoms with van der Waals surface area (Å²) in [6, 6.07) is 0. The molecular formula is C12H18O2S2. The molecule has 0 N–H and O–H groups in total. The van der Waals surface area contributed by atoms with E-state index in [1.54, 1.807) is 0 Å². The number of hydrogen-bond donors (Lipinski definition) is 0. The van der Waals surface area contributed by atoms with Crippen molar-refractivity contribution in [3.63, 3.8) is 0 Å². The topological polar surface area (TPSA) is 26.3 Å². The number of rotatable bonds is 7. The number of carbonyl (C=O) groups excluding carboxylic acids is 1. The first-order valence-corrected chi connectivity index (χ1v) is 8.08. The van der Waals surface area contributed by atoms with E-state index in [1.807, 2.05) is 21.6 Å². The van der Waals surface area contributed by atoms with Crippen LogP contribution < -0.4 is 0 Å². The molecule has 0 amide bonds. The Balaban J connectivity index is 1.90. The van der Waals surface area contributed by atoms with Crippen LogP contribution in [0.1, 0.15) is 38.5 Å². The van der Waals surface area contributed by atoms with E-state index in [0.29, 0.717) is 19.4 Å². The Morgan fingerprint density at radius 3 is 3.06 bits per heavy atom. The molecule has 0 aromatic rings. The van der Waals surface area contributed by atoms with E-state index in [2.05, 4.69) is 5.92 Å². The highest BCUT2D eigenvalue weighted by molar-refractivity contribution is 8.77. The van der Waals surface area contributed by atoms with Gasteiger partial charge in [-0.2, -0.15) is 0 Å². The van der Waals surface area contributed by atoms with Crippen LogP contribution in [-0.4, -0.2) is 23.6 Å². The van der Waals surface area contributed by atoms with Crippen LogP contribution in [-0.2, 0) is 9.53 Å². The summed E-state index contributed by atoms with van der Waals surface area (Å²) in [7, 11) is 3.96. The number of unbranched alkanes of at least 4 members (excludes halogenated alkanes) is 1. The second-order valence-corrected chi connectivity index (χ2v) is 6.54. The van der Waals surface area contributed by atoms with Gasteiger partial charge in [0.15, 0.2) is 0 Å². The van der Waals surface area contributed by atoms with Crippen LogP contribution in [0, 0.1) is 12.3 Å². The van der Waals surface area contributed by atoms with Crippen molar-refractivity contribution in [2.45, 2.75) is 43.8 Å². The molecule has 2 nitrogen and oxygen atoms in total. The molecule has 4 heteroatoms. The molecule has 1 atom stereocenters. The Kier molecular flexibility index (Phi) is 7.62. The van der Waals surface area contributed by atoms with Crippen molar-refractivity contribution in [1.29, 1.82) is 0 Å². The lowest BCUT2D eigenvalue weighted by atomic mass is 10.1. The predicted octanol–water partition coefficient (Wildman–Crippen LogP) is 3.27. The van der Waals surface area contributed by atoms with Gasteiger partial charge in [-0.3, -0.25) is 4.79 Å². The summed E-state index contributed by atoms with van der Waals surface area (Å²) in [4.78, 5) is 11.2. The standard InChI is InChI=1S/C12H18O2S2/c1-2-3-9-14-12(13)7-5-4-6-11-8-10-15-16-11/h1,11H,3-10H2. The number of carbonyl (C=O) groups is 1. The van der Waals surface area contributed by atoms with E-state index in [1.165, 1.54) is 18.6 Å². The van der Waals surface area contributed by atoms with Gasteiger partial charge < -0.3 is 4.74 Å². The second-order valence-electron chi connectivity index (χ2n) is 3.75. The van der Waals surface area contributed by atoms with Crippen LogP contribution in [0.15, 0.2) is 0 Å². The van der Waals surface area contributed by atoms with Gasteiger partial charge >= 0.3 is 5.97 Å². The van der Waals surface area contributed by atoms with Gasteiger partial charge in [-0.1, -0.05) is 28.0 Å². The quantitative estimate of drug-likeness (QED) is 0.303. The number of esters is 1. The molecule has 0 saturated carbocycles. The molecule has 90 valence electrons. The van der Waals surface area contributed by atoms with E-state index in [9.17, 15) is 4.79 Å². The van der Waals surface area contributed by atoms with Crippen molar-refractivity contribution in [3.05, 3.63) is 0 Å². The molecule has 1 heterocycles. The molecule has 1 fully saturated rings. The lowest BCUT2D eigenvalue weighted by Gasteiger charge is -2.06. The fourth-order valence-electron chi connectivity index (χ4n) is 1.50. The number of hydrogen-bond acceptors (Lipinski definition) is 4. The van der Waals surface area contributed by atoms with Crippen LogP contribution in [0.2, 0.25) is 0 Å². The third-order valence-corrected chi connectivity index (χ3v) is 5.40. The Morgan fingerprint density at radius 1 is 1.50 bits per heavy atom. The van der Waals surface area contributed by atoms with Gasteiger partial charge in [0, 0.05) is 23.8 Å². The Bertz CT molecular complexity index is 242. The molecular weight excluding hydrogens is 240 g/mol. The van der Waals surface area contributed by atoms with Crippen molar-refractivity contribution in [1.82, 2.24) is 0 Å². The maximum atomic E-state index is 11.2. The average Bonchev–Trinajstić information content (AvgIpc) is 2.78. The molecule has 0 aromatic heterocycles. The molecule has 1 aliphatic rings. The van der Waals surface area contributed by atoms with E-state index in [-0.39, 0.29) is 5.97 Å². The zero-order valence-corrected chi connectivity index (χ0v) is 11.1. The fraction of sp³-hybridized carbons (Fsp3) is 0.750. The highest BCUT2D eigenvalue weighted by Crippen LogP contribution is 2.39. The van der Waals surface area contributed by atoms with Gasteiger partial charge in [-0.05, 0) is 19.3 Å². The van der Waals surface area contributed by atoms with Crippen LogP contribution in [0.25, 0.3) is 0 Å². The molecule has 0 spiro atoms. The van der Waals surface area contributed by atoms with E-state index >= 15 is 0 Å². The highest BCUT2D eigenvalue weighted by atomic mass is 33.1.